The number of rotatable bonds is 9. The third-order valence-corrected chi connectivity index (χ3v) is 10.6. The first kappa shape index (κ1) is 22.6. The van der Waals surface area contributed by atoms with Crippen LogP contribution in [0.1, 0.15) is 83.5 Å². The molecule has 0 aromatic heterocycles. The Morgan fingerprint density at radius 3 is 1.52 bits per heavy atom. The van der Waals surface area contributed by atoms with E-state index >= 15 is 0 Å². The lowest BCUT2D eigenvalue weighted by Gasteiger charge is -2.46. The van der Waals surface area contributed by atoms with Crippen LogP contribution in [0.3, 0.4) is 0 Å². The summed E-state index contributed by atoms with van der Waals surface area (Å²) in [5.74, 6) is 0. The van der Waals surface area contributed by atoms with E-state index in [1.165, 1.54) is 57.8 Å². The van der Waals surface area contributed by atoms with Gasteiger partial charge in [-0.1, -0.05) is 50.1 Å². The van der Waals surface area contributed by atoms with Crippen molar-refractivity contribution in [2.45, 2.75) is 113 Å². The largest absolute Gasteiger partial charge is 0.202 e. The van der Waals surface area contributed by atoms with Crippen LogP contribution in [0.4, 0.5) is 0 Å². The molecule has 0 radical (unpaired) electrons. The molecule has 0 spiro atoms. The van der Waals surface area contributed by atoms with Crippen molar-refractivity contribution < 1.29 is 28.5 Å². The van der Waals surface area contributed by atoms with Crippen molar-refractivity contribution in [1.82, 2.24) is 0 Å². The molecule has 3 aliphatic carbocycles. The van der Waals surface area contributed by atoms with Gasteiger partial charge in [0.1, 0.15) is 0 Å². The van der Waals surface area contributed by atoms with Crippen molar-refractivity contribution in [2.75, 3.05) is 0 Å². The van der Waals surface area contributed by atoms with Crippen molar-refractivity contribution in [3.05, 3.63) is 0 Å². The summed E-state index contributed by atoms with van der Waals surface area (Å²) in [6.45, 7) is 0. The summed E-state index contributed by atoms with van der Waals surface area (Å²) in [6.07, 6.45) is 16.4. The van der Waals surface area contributed by atoms with Gasteiger partial charge < -0.3 is 0 Å². The third kappa shape index (κ3) is 6.97. The fraction of sp³-hybridized carbons (Fsp3) is 1.00. The average Bonchev–Trinajstić information content (AvgIpc) is 2.72. The van der Waals surface area contributed by atoms with Crippen LogP contribution in [-0.4, -0.2) is 29.2 Å². The van der Waals surface area contributed by atoms with Gasteiger partial charge in [-0.3, -0.25) is 0 Å². The molecule has 3 rings (SSSR count). The molecule has 0 N–H and O–H groups in total. The second kappa shape index (κ2) is 12.6. The molecule has 6 nitrogen and oxygen atoms in total. The number of hydrogen-bond acceptors (Lipinski definition) is 8. The van der Waals surface area contributed by atoms with Gasteiger partial charge in [0.05, 0.1) is 12.2 Å². The fourth-order valence-corrected chi connectivity index (χ4v) is 10.1. The number of thiol groups is 2. The quantitative estimate of drug-likeness (QED) is 0.154. The Morgan fingerprint density at radius 2 is 1.04 bits per heavy atom. The first-order valence-corrected chi connectivity index (χ1v) is 12.6. The lowest BCUT2D eigenvalue weighted by Crippen LogP contribution is -2.35. The van der Waals surface area contributed by atoms with Gasteiger partial charge in [-0.25, -0.2) is 9.78 Å². The summed E-state index contributed by atoms with van der Waals surface area (Å²) >= 11 is 7.21. The second-order valence-corrected chi connectivity index (χ2v) is 11.5. The Morgan fingerprint density at radius 1 is 0.556 bits per heavy atom. The lowest BCUT2D eigenvalue weighted by atomic mass is 9.96. The molecule has 9 heteroatoms. The van der Waals surface area contributed by atoms with E-state index in [1.54, 1.807) is 0 Å². The molecule has 0 heterocycles. The zero-order valence-corrected chi connectivity index (χ0v) is 18.6. The summed E-state index contributed by atoms with van der Waals surface area (Å²) in [4.78, 5) is 10.8. The van der Waals surface area contributed by atoms with Crippen molar-refractivity contribution in [3.8, 4) is 0 Å². The van der Waals surface area contributed by atoms with Gasteiger partial charge in [0, 0.05) is 25.8 Å². The first-order valence-electron chi connectivity index (χ1n) is 10.4. The molecule has 27 heavy (non-hydrogen) atoms. The summed E-state index contributed by atoms with van der Waals surface area (Å²) in [5, 5.41) is 9.33. The van der Waals surface area contributed by atoms with Gasteiger partial charge in [0.15, 0.2) is 0 Å². The van der Waals surface area contributed by atoms with Crippen molar-refractivity contribution in [3.63, 3.8) is 0 Å². The van der Waals surface area contributed by atoms with Gasteiger partial charge in [-0.05, 0) is 68.3 Å². The summed E-state index contributed by atoms with van der Waals surface area (Å²) < 4.78 is 8.71. The first-order chi connectivity index (χ1) is 13.3. The van der Waals surface area contributed by atoms with E-state index in [-0.39, 0.29) is 20.1 Å². The molecular formula is C18H33O6PS2. The van der Waals surface area contributed by atoms with E-state index in [9.17, 15) is 0 Å². The van der Waals surface area contributed by atoms with E-state index in [2.05, 4.69) is 44.6 Å². The Hall–Kier alpha value is 0.890. The normalized spacial score (nSPS) is 34.4. The van der Waals surface area contributed by atoms with E-state index in [0.29, 0.717) is 0 Å². The van der Waals surface area contributed by atoms with Crippen LogP contribution in [0.25, 0.3) is 0 Å². The van der Waals surface area contributed by atoms with Gasteiger partial charge in [0.2, 0.25) is 0 Å². The van der Waals surface area contributed by atoms with Gasteiger partial charge >= 0.3 is 0 Å². The molecule has 0 saturated heterocycles. The lowest BCUT2D eigenvalue weighted by molar-refractivity contribution is -0.478. The van der Waals surface area contributed by atoms with Gasteiger partial charge in [0.25, 0.3) is 0 Å². The highest BCUT2D eigenvalue weighted by Crippen LogP contribution is 2.62. The Labute approximate surface area is 175 Å². The molecule has 0 aromatic carbocycles. The topological polar surface area (TPSA) is 55.4 Å². The number of hydrogen-bond donors (Lipinski definition) is 2. The van der Waals surface area contributed by atoms with Gasteiger partial charge in [-0.15, -0.1) is 8.67 Å². The Balaban J connectivity index is 1.66. The smallest absolute Gasteiger partial charge is 0.0967 e. The average molecular weight is 441 g/mol. The molecule has 0 aromatic rings. The van der Waals surface area contributed by atoms with Crippen molar-refractivity contribution in [2.24, 2.45) is 0 Å². The van der Waals surface area contributed by atoms with E-state index in [1.807, 2.05) is 0 Å². The summed E-state index contributed by atoms with van der Waals surface area (Å²) in [5.41, 5.74) is 2.35. The predicted octanol–water partition coefficient (Wildman–Crippen LogP) is 5.87. The minimum absolute atomic E-state index is 0.0893. The highest BCUT2D eigenvalue weighted by molar-refractivity contribution is 7.75. The van der Waals surface area contributed by atoms with Crippen molar-refractivity contribution >= 4 is 33.7 Å². The molecule has 158 valence electrons. The molecule has 3 saturated carbocycles. The molecule has 3 fully saturated rings. The molecule has 4 atom stereocenters. The van der Waals surface area contributed by atoms with Crippen LogP contribution >= 0.6 is 33.7 Å². The minimum Gasteiger partial charge on any atom is -0.202 e. The minimum atomic E-state index is -0.0893. The zero-order chi connectivity index (χ0) is 18.9. The standard InChI is InChI=1S/C18H33O6PS2/c26-23-21-19-14-6-4-10-17(12-14)25(16-8-2-1-3-9-16)18-11-5-7-15(13-18)20-22-24-27/h14-18,26-27H,1-13H2. The molecule has 4 unspecified atom stereocenters. The van der Waals surface area contributed by atoms with Crippen LogP contribution in [0.2, 0.25) is 0 Å². The SMILES string of the molecule is SOOOC1CCCC(P(C2CCCCC2)C2CCCC(OOOS)C2)C1. The van der Waals surface area contributed by atoms with E-state index in [0.717, 1.165) is 42.7 Å². The van der Waals surface area contributed by atoms with Crippen molar-refractivity contribution in [1.29, 1.82) is 0 Å². The molecule has 3 aliphatic rings. The molecule has 0 bridgehead atoms. The Kier molecular flexibility index (Phi) is 10.5. The molecular weight excluding hydrogens is 407 g/mol. The van der Waals surface area contributed by atoms with Gasteiger partial charge in [-0.2, -0.15) is 0 Å². The Bertz CT molecular complexity index is 387. The third-order valence-electron chi connectivity index (χ3n) is 6.45. The van der Waals surface area contributed by atoms with Crippen LogP contribution < -0.4 is 0 Å². The van der Waals surface area contributed by atoms with E-state index in [4.69, 9.17) is 9.78 Å². The maximum Gasteiger partial charge on any atom is 0.0967 e. The molecule has 0 amide bonds. The predicted molar refractivity (Wildman–Crippen MR) is 110 cm³/mol. The maximum absolute atomic E-state index is 5.40. The highest BCUT2D eigenvalue weighted by atomic mass is 32.1. The zero-order valence-electron chi connectivity index (χ0n) is 15.9. The van der Waals surface area contributed by atoms with Crippen LogP contribution in [0.15, 0.2) is 0 Å². The summed E-state index contributed by atoms with van der Waals surface area (Å²) in [7, 11) is -0.0893. The van der Waals surface area contributed by atoms with Crippen LogP contribution in [0.5, 0.6) is 0 Å². The van der Waals surface area contributed by atoms with Crippen LogP contribution in [-0.2, 0) is 28.5 Å². The maximum atomic E-state index is 5.40. The highest BCUT2D eigenvalue weighted by Gasteiger charge is 2.40. The second-order valence-electron chi connectivity index (χ2n) is 8.10. The van der Waals surface area contributed by atoms with Crippen LogP contribution in [0, 0.1) is 0 Å². The monoisotopic (exact) mass is 440 g/mol. The van der Waals surface area contributed by atoms with E-state index < -0.39 is 0 Å². The summed E-state index contributed by atoms with van der Waals surface area (Å²) in [6, 6.07) is 0. The molecule has 0 aliphatic heterocycles. The fourth-order valence-electron chi connectivity index (χ4n) is 5.38.